The van der Waals surface area contributed by atoms with Gasteiger partial charge in [0.2, 0.25) is 0 Å². The molecule has 4 unspecified atom stereocenters. The first-order valence-corrected chi connectivity index (χ1v) is 18.0. The Morgan fingerprint density at radius 1 is 0.544 bits per heavy atom. The van der Waals surface area contributed by atoms with Crippen molar-refractivity contribution in [1.82, 2.24) is 10.6 Å². The van der Waals surface area contributed by atoms with Crippen LogP contribution in [0.15, 0.2) is 84.9 Å². The summed E-state index contributed by atoms with van der Waals surface area (Å²) in [6, 6.07) is 11.5. The highest BCUT2D eigenvalue weighted by molar-refractivity contribution is 5.84. The summed E-state index contributed by atoms with van der Waals surface area (Å²) in [5.74, 6) is -2.30. The predicted molar refractivity (Wildman–Crippen MR) is 187 cm³/mol. The van der Waals surface area contributed by atoms with Gasteiger partial charge in [-0.15, -0.1) is 0 Å². The lowest BCUT2D eigenvalue weighted by Gasteiger charge is -2.33. The number of hydrogen-bond acceptors (Lipinski definition) is 4. The molecule has 6 rings (SSSR count). The number of alkyl halides is 12. The molecule has 0 aromatic heterocycles. The lowest BCUT2D eigenvalue weighted by Crippen LogP contribution is -2.46. The van der Waals surface area contributed by atoms with Crippen LogP contribution < -0.4 is 10.6 Å². The van der Waals surface area contributed by atoms with Crippen molar-refractivity contribution >= 4 is 5.97 Å². The van der Waals surface area contributed by atoms with Crippen LogP contribution in [0, 0.1) is 0 Å². The number of carbonyl (C=O) groups excluding carboxylic acids is 1. The zero-order valence-corrected chi connectivity index (χ0v) is 30.1. The van der Waals surface area contributed by atoms with Crippen molar-refractivity contribution in [2.45, 2.75) is 93.3 Å². The molecule has 2 heterocycles. The number of hydrogen-bond donors (Lipinski definition) is 2. The number of esters is 1. The molecule has 2 aliphatic rings. The Morgan fingerprint density at radius 3 is 1.23 bits per heavy atom. The molecule has 2 fully saturated rings. The van der Waals surface area contributed by atoms with Crippen LogP contribution in [0.1, 0.15) is 89.9 Å². The summed E-state index contributed by atoms with van der Waals surface area (Å²) in [6.07, 6.45) is -18.1. The lowest BCUT2D eigenvalue weighted by molar-refractivity contribution is -0.164. The van der Waals surface area contributed by atoms with Crippen LogP contribution in [0.5, 0.6) is 0 Å². The number of rotatable bonds is 7. The molecule has 4 atom stereocenters. The van der Waals surface area contributed by atoms with Gasteiger partial charge in [-0.3, -0.25) is 15.4 Å². The van der Waals surface area contributed by atoms with Gasteiger partial charge in [-0.1, -0.05) is 36.4 Å². The molecule has 0 bridgehead atoms. The summed E-state index contributed by atoms with van der Waals surface area (Å²) in [5.41, 5.74) is -0.0660. The summed E-state index contributed by atoms with van der Waals surface area (Å²) in [6.45, 7) is 0. The van der Waals surface area contributed by atoms with Crippen LogP contribution in [0.4, 0.5) is 52.7 Å². The molecule has 57 heavy (non-hydrogen) atoms. The molecule has 0 amide bonds. The van der Waals surface area contributed by atoms with E-state index in [0.29, 0.717) is 0 Å². The monoisotopic (exact) mass is 816 g/mol. The second-order valence-electron chi connectivity index (χ2n) is 14.4. The smallest absolute Gasteiger partial charge is 0.416 e. The van der Waals surface area contributed by atoms with E-state index in [1.54, 1.807) is 0 Å². The van der Waals surface area contributed by atoms with Crippen LogP contribution in [0.2, 0.25) is 0 Å². The molecular weight excluding hydrogens is 780 g/mol. The van der Waals surface area contributed by atoms with Gasteiger partial charge in [0.25, 0.3) is 0 Å². The molecule has 0 spiro atoms. The minimum atomic E-state index is -4.66. The molecule has 306 valence electrons. The fourth-order valence-corrected chi connectivity index (χ4v) is 7.62. The van der Waals surface area contributed by atoms with E-state index in [2.05, 4.69) is 10.6 Å². The van der Waals surface area contributed by atoms with Crippen LogP contribution in [-0.4, -0.2) is 37.5 Å². The maximum Gasteiger partial charge on any atom is 0.416 e. The van der Waals surface area contributed by atoms with Crippen molar-refractivity contribution in [3.63, 3.8) is 0 Å². The molecule has 0 aliphatic carbocycles. The highest BCUT2D eigenvalue weighted by atomic mass is 19.4. The second-order valence-corrected chi connectivity index (χ2v) is 14.4. The van der Waals surface area contributed by atoms with Gasteiger partial charge in [0.15, 0.2) is 0 Å². The van der Waals surface area contributed by atoms with E-state index in [9.17, 15) is 57.5 Å². The highest BCUT2D eigenvalue weighted by Crippen LogP contribution is 2.42. The van der Waals surface area contributed by atoms with Crippen molar-refractivity contribution < 1.29 is 62.2 Å². The summed E-state index contributed by atoms with van der Waals surface area (Å²) in [7, 11) is 1.07. The Labute approximate surface area is 319 Å². The SMILES string of the molecule is COC(=O)C(c1cc(-c2ccc(C(F)(F)F)cc2)cc(C2CCCC(C(F)(F)F)N2)c1)c1cc(-c2ccc(C(F)(F)F)cc2)cc(C2CCCC(C(F)(F)F)N2)c1. The molecule has 4 aromatic carbocycles. The normalized spacial score (nSPS) is 21.6. The summed E-state index contributed by atoms with van der Waals surface area (Å²) in [5, 5.41) is 5.22. The number of benzene rings is 4. The molecule has 4 aromatic rings. The number of piperidine rings is 2. The number of carbonyl (C=O) groups is 1. The molecule has 2 saturated heterocycles. The maximum absolute atomic E-state index is 13.9. The topological polar surface area (TPSA) is 50.4 Å². The van der Waals surface area contributed by atoms with Crippen LogP contribution in [0.3, 0.4) is 0 Å². The Morgan fingerprint density at radius 2 is 0.912 bits per heavy atom. The maximum atomic E-state index is 13.9. The summed E-state index contributed by atoms with van der Waals surface area (Å²) >= 11 is 0. The third-order valence-corrected chi connectivity index (χ3v) is 10.5. The average molecular weight is 817 g/mol. The van der Waals surface area contributed by atoms with Crippen molar-refractivity contribution in [2.24, 2.45) is 0 Å². The van der Waals surface area contributed by atoms with E-state index >= 15 is 0 Å². The average Bonchev–Trinajstić information content (AvgIpc) is 3.16. The Bertz CT molecular complexity index is 1900. The van der Waals surface area contributed by atoms with Crippen LogP contribution in [-0.2, 0) is 21.9 Å². The van der Waals surface area contributed by atoms with E-state index < -0.39 is 71.9 Å². The third kappa shape index (κ3) is 9.77. The summed E-state index contributed by atoms with van der Waals surface area (Å²) in [4.78, 5) is 13.9. The Kier molecular flexibility index (Phi) is 11.8. The summed E-state index contributed by atoms with van der Waals surface area (Å²) < 4.78 is 169. The number of ether oxygens (including phenoxy) is 1. The van der Waals surface area contributed by atoms with Gasteiger partial charge in [0.1, 0.15) is 18.0 Å². The van der Waals surface area contributed by atoms with Gasteiger partial charge in [-0.25, -0.2) is 0 Å². The van der Waals surface area contributed by atoms with E-state index in [0.717, 1.165) is 31.4 Å². The molecule has 4 nitrogen and oxygen atoms in total. The van der Waals surface area contributed by atoms with Crippen LogP contribution in [0.25, 0.3) is 22.3 Å². The Balaban J connectivity index is 1.53. The number of methoxy groups -OCH3 is 1. The predicted octanol–water partition coefficient (Wildman–Crippen LogP) is 11.9. The number of halogens is 12. The van der Waals surface area contributed by atoms with Crippen LogP contribution >= 0.6 is 0 Å². The fourth-order valence-electron chi connectivity index (χ4n) is 7.62. The molecule has 2 aliphatic heterocycles. The quantitative estimate of drug-likeness (QED) is 0.144. The van der Waals surface area contributed by atoms with Gasteiger partial charge >= 0.3 is 30.7 Å². The number of nitrogens with one attached hydrogen (secondary N) is 2. The molecule has 0 saturated carbocycles. The van der Waals surface area contributed by atoms with E-state index in [-0.39, 0.29) is 83.0 Å². The van der Waals surface area contributed by atoms with E-state index in [4.69, 9.17) is 4.74 Å². The molecular formula is C41H36F12N2O2. The minimum absolute atomic E-state index is 0.144. The van der Waals surface area contributed by atoms with Gasteiger partial charge in [-0.05, 0) is 132 Å². The van der Waals surface area contributed by atoms with Crippen molar-refractivity contribution in [1.29, 1.82) is 0 Å². The largest absolute Gasteiger partial charge is 0.468 e. The van der Waals surface area contributed by atoms with E-state index in [1.165, 1.54) is 60.7 Å². The van der Waals surface area contributed by atoms with Crippen molar-refractivity contribution in [3.05, 3.63) is 118 Å². The molecule has 2 N–H and O–H groups in total. The molecule has 16 heteroatoms. The highest BCUT2D eigenvalue weighted by Gasteiger charge is 2.44. The zero-order valence-electron chi connectivity index (χ0n) is 30.1. The minimum Gasteiger partial charge on any atom is -0.468 e. The molecule has 0 radical (unpaired) electrons. The van der Waals surface area contributed by atoms with Gasteiger partial charge in [0.05, 0.1) is 18.2 Å². The van der Waals surface area contributed by atoms with Gasteiger partial charge in [0, 0.05) is 12.1 Å². The van der Waals surface area contributed by atoms with Crippen molar-refractivity contribution in [3.8, 4) is 22.3 Å². The standard InChI is InChI=1S/C41H36F12N2O2/c1-57-37(56)36(28-18-24(22-8-12-30(13-9-22)38(42,43)44)16-26(20-28)32-4-2-6-34(54-32)40(48,49)50)29-19-25(23-10-14-31(15-11-23)39(45,46)47)17-27(21-29)33-5-3-7-35(55-33)41(51,52)53/h8-21,32-36,54-55H,2-7H2,1H3. The fraction of sp³-hybridized carbons (Fsp3) is 0.390. The van der Waals surface area contributed by atoms with Gasteiger partial charge < -0.3 is 4.74 Å². The van der Waals surface area contributed by atoms with E-state index in [1.807, 2.05) is 0 Å². The Hall–Kier alpha value is -4.57. The first-order chi connectivity index (χ1) is 26.6. The lowest BCUT2D eigenvalue weighted by atomic mass is 9.82. The first kappa shape index (κ1) is 42.0. The van der Waals surface area contributed by atoms with Crippen molar-refractivity contribution in [2.75, 3.05) is 7.11 Å². The van der Waals surface area contributed by atoms with Gasteiger partial charge in [-0.2, -0.15) is 52.7 Å². The second kappa shape index (κ2) is 16.0. The first-order valence-electron chi connectivity index (χ1n) is 18.0. The zero-order chi connectivity index (χ0) is 41.5. The third-order valence-electron chi connectivity index (χ3n) is 10.5.